The summed E-state index contributed by atoms with van der Waals surface area (Å²) in [6, 6.07) is 7.58. The Balaban J connectivity index is 1.63. The SMILES string of the molecule is COc1ccc(CNC(=O)NCCC2=CCCCC2)cc1. The van der Waals surface area contributed by atoms with Crippen molar-refractivity contribution in [3.63, 3.8) is 0 Å². The van der Waals surface area contributed by atoms with Gasteiger partial charge in [0.1, 0.15) is 5.75 Å². The summed E-state index contributed by atoms with van der Waals surface area (Å²) in [6.07, 6.45) is 8.26. The Bertz CT molecular complexity index is 480. The summed E-state index contributed by atoms with van der Waals surface area (Å²) >= 11 is 0. The molecule has 0 atom stereocenters. The van der Waals surface area contributed by atoms with Crippen LogP contribution in [0.4, 0.5) is 4.79 Å². The maximum Gasteiger partial charge on any atom is 0.315 e. The van der Waals surface area contributed by atoms with E-state index in [4.69, 9.17) is 4.74 Å². The molecule has 21 heavy (non-hydrogen) atoms. The number of methoxy groups -OCH3 is 1. The van der Waals surface area contributed by atoms with Crippen molar-refractivity contribution in [1.29, 1.82) is 0 Å². The number of benzene rings is 1. The molecular formula is C17H24N2O2. The molecule has 4 heteroatoms. The zero-order valence-corrected chi connectivity index (χ0v) is 12.7. The van der Waals surface area contributed by atoms with Crippen molar-refractivity contribution in [1.82, 2.24) is 10.6 Å². The number of nitrogens with one attached hydrogen (secondary N) is 2. The van der Waals surface area contributed by atoms with Gasteiger partial charge < -0.3 is 15.4 Å². The third-order valence-corrected chi connectivity index (χ3v) is 3.73. The quantitative estimate of drug-likeness (QED) is 0.788. The van der Waals surface area contributed by atoms with Gasteiger partial charge in [0.15, 0.2) is 0 Å². The molecule has 1 aromatic rings. The van der Waals surface area contributed by atoms with Crippen LogP contribution in [0.2, 0.25) is 0 Å². The molecule has 1 aromatic carbocycles. The molecule has 0 saturated carbocycles. The van der Waals surface area contributed by atoms with Gasteiger partial charge in [-0.05, 0) is 49.8 Å². The first-order valence-electron chi connectivity index (χ1n) is 7.60. The fourth-order valence-corrected chi connectivity index (χ4v) is 2.46. The van der Waals surface area contributed by atoms with Crippen LogP contribution in [0.15, 0.2) is 35.9 Å². The lowest BCUT2D eigenvalue weighted by Gasteiger charge is -2.13. The van der Waals surface area contributed by atoms with Crippen LogP contribution in [-0.2, 0) is 6.54 Å². The van der Waals surface area contributed by atoms with E-state index in [1.165, 1.54) is 31.3 Å². The molecule has 0 aliphatic heterocycles. The lowest BCUT2D eigenvalue weighted by atomic mass is 9.97. The highest BCUT2D eigenvalue weighted by Gasteiger charge is 2.05. The average Bonchev–Trinajstić information content (AvgIpc) is 2.54. The molecule has 0 aromatic heterocycles. The minimum absolute atomic E-state index is 0.109. The van der Waals surface area contributed by atoms with E-state index in [1.54, 1.807) is 7.11 Å². The first-order chi connectivity index (χ1) is 10.3. The highest BCUT2D eigenvalue weighted by atomic mass is 16.5. The van der Waals surface area contributed by atoms with Crippen LogP contribution in [0.1, 0.15) is 37.7 Å². The number of hydrogen-bond acceptors (Lipinski definition) is 2. The number of urea groups is 1. The Kier molecular flexibility index (Phi) is 6.13. The fraction of sp³-hybridized carbons (Fsp3) is 0.471. The van der Waals surface area contributed by atoms with Gasteiger partial charge in [-0.25, -0.2) is 4.79 Å². The Morgan fingerprint density at radius 2 is 2.00 bits per heavy atom. The second kappa shape index (κ2) is 8.35. The van der Waals surface area contributed by atoms with Gasteiger partial charge in [0.05, 0.1) is 7.11 Å². The average molecular weight is 288 g/mol. The van der Waals surface area contributed by atoms with Gasteiger partial charge in [-0.1, -0.05) is 23.8 Å². The number of allylic oxidation sites excluding steroid dienone is 1. The number of carbonyl (C=O) groups is 1. The molecule has 0 bridgehead atoms. The normalized spacial score (nSPS) is 14.2. The molecule has 0 unspecified atom stereocenters. The summed E-state index contributed by atoms with van der Waals surface area (Å²) in [5, 5.41) is 5.77. The molecule has 2 rings (SSSR count). The first-order valence-corrected chi connectivity index (χ1v) is 7.60. The summed E-state index contributed by atoms with van der Waals surface area (Å²) in [7, 11) is 1.64. The largest absolute Gasteiger partial charge is 0.497 e. The standard InChI is InChI=1S/C17H24N2O2/c1-21-16-9-7-15(8-10-16)13-19-17(20)18-12-11-14-5-3-2-4-6-14/h5,7-10H,2-4,6,11-13H2,1H3,(H2,18,19,20). The molecule has 0 fully saturated rings. The maximum absolute atomic E-state index is 11.7. The predicted molar refractivity (Wildman–Crippen MR) is 84.4 cm³/mol. The number of hydrogen-bond donors (Lipinski definition) is 2. The lowest BCUT2D eigenvalue weighted by molar-refractivity contribution is 0.240. The van der Waals surface area contributed by atoms with Crippen molar-refractivity contribution in [3.05, 3.63) is 41.5 Å². The molecule has 2 amide bonds. The molecule has 4 nitrogen and oxygen atoms in total. The third-order valence-electron chi connectivity index (χ3n) is 3.73. The Morgan fingerprint density at radius 3 is 2.67 bits per heavy atom. The molecule has 114 valence electrons. The molecule has 1 aliphatic carbocycles. The number of ether oxygens (including phenoxy) is 1. The summed E-state index contributed by atoms with van der Waals surface area (Å²) in [4.78, 5) is 11.7. The Labute approximate surface area is 126 Å². The molecule has 1 aliphatic rings. The summed E-state index contributed by atoms with van der Waals surface area (Å²) < 4.78 is 5.10. The van der Waals surface area contributed by atoms with Gasteiger partial charge in [-0.3, -0.25) is 0 Å². The van der Waals surface area contributed by atoms with E-state index in [0.29, 0.717) is 13.1 Å². The van der Waals surface area contributed by atoms with E-state index in [-0.39, 0.29) is 6.03 Å². The number of amides is 2. The molecule has 0 heterocycles. The zero-order chi connectivity index (χ0) is 14.9. The molecule has 0 spiro atoms. The number of carbonyl (C=O) groups excluding carboxylic acids is 1. The second-order valence-electron chi connectivity index (χ2n) is 5.32. The summed E-state index contributed by atoms with van der Waals surface area (Å²) in [6.45, 7) is 1.23. The highest BCUT2D eigenvalue weighted by Crippen LogP contribution is 2.19. The van der Waals surface area contributed by atoms with Crippen molar-refractivity contribution in [2.45, 2.75) is 38.6 Å². The zero-order valence-electron chi connectivity index (χ0n) is 12.7. The van der Waals surface area contributed by atoms with Crippen LogP contribution < -0.4 is 15.4 Å². The van der Waals surface area contributed by atoms with Gasteiger partial charge in [0, 0.05) is 13.1 Å². The molecular weight excluding hydrogens is 264 g/mol. The molecule has 2 N–H and O–H groups in total. The molecule has 0 radical (unpaired) electrons. The number of rotatable bonds is 6. The highest BCUT2D eigenvalue weighted by molar-refractivity contribution is 5.73. The Morgan fingerprint density at radius 1 is 1.19 bits per heavy atom. The summed E-state index contributed by atoms with van der Waals surface area (Å²) in [5.74, 6) is 0.823. The van der Waals surface area contributed by atoms with Crippen LogP contribution in [-0.4, -0.2) is 19.7 Å². The Hall–Kier alpha value is -1.97. The first kappa shape index (κ1) is 15.4. The van der Waals surface area contributed by atoms with E-state index < -0.39 is 0 Å². The van der Waals surface area contributed by atoms with Crippen LogP contribution in [0.5, 0.6) is 5.75 Å². The minimum atomic E-state index is -0.109. The van der Waals surface area contributed by atoms with Crippen LogP contribution in [0.25, 0.3) is 0 Å². The van der Waals surface area contributed by atoms with Crippen LogP contribution in [0, 0.1) is 0 Å². The van der Waals surface area contributed by atoms with Gasteiger partial charge in [0.25, 0.3) is 0 Å². The minimum Gasteiger partial charge on any atom is -0.497 e. The van der Waals surface area contributed by atoms with E-state index in [9.17, 15) is 4.79 Å². The van der Waals surface area contributed by atoms with Crippen molar-refractivity contribution in [2.24, 2.45) is 0 Å². The third kappa shape index (κ3) is 5.50. The van der Waals surface area contributed by atoms with Crippen molar-refractivity contribution < 1.29 is 9.53 Å². The smallest absolute Gasteiger partial charge is 0.315 e. The van der Waals surface area contributed by atoms with Crippen LogP contribution in [0.3, 0.4) is 0 Å². The van der Waals surface area contributed by atoms with Crippen molar-refractivity contribution in [2.75, 3.05) is 13.7 Å². The second-order valence-corrected chi connectivity index (χ2v) is 5.32. The summed E-state index contributed by atoms with van der Waals surface area (Å²) in [5.41, 5.74) is 2.54. The predicted octanol–water partition coefficient (Wildman–Crippen LogP) is 3.38. The van der Waals surface area contributed by atoms with Gasteiger partial charge >= 0.3 is 6.03 Å². The van der Waals surface area contributed by atoms with Crippen molar-refractivity contribution >= 4 is 6.03 Å². The fourth-order valence-electron chi connectivity index (χ4n) is 2.46. The lowest BCUT2D eigenvalue weighted by Crippen LogP contribution is -2.35. The van der Waals surface area contributed by atoms with E-state index in [2.05, 4.69) is 16.7 Å². The van der Waals surface area contributed by atoms with Gasteiger partial charge in [-0.15, -0.1) is 0 Å². The topological polar surface area (TPSA) is 50.4 Å². The van der Waals surface area contributed by atoms with Gasteiger partial charge in [0.2, 0.25) is 0 Å². The van der Waals surface area contributed by atoms with Gasteiger partial charge in [-0.2, -0.15) is 0 Å². The molecule has 0 saturated heterocycles. The van der Waals surface area contributed by atoms with E-state index in [0.717, 1.165) is 17.7 Å². The van der Waals surface area contributed by atoms with E-state index >= 15 is 0 Å². The van der Waals surface area contributed by atoms with Crippen LogP contribution >= 0.6 is 0 Å². The monoisotopic (exact) mass is 288 g/mol. The maximum atomic E-state index is 11.7. The van der Waals surface area contributed by atoms with Crippen molar-refractivity contribution in [3.8, 4) is 5.75 Å². The van der Waals surface area contributed by atoms with E-state index in [1.807, 2.05) is 24.3 Å².